The first-order valence-electron chi connectivity index (χ1n) is 13.7. The lowest BCUT2D eigenvalue weighted by Crippen LogP contribution is -2.54. The molecule has 9 nitrogen and oxygen atoms in total. The molecule has 0 bridgehead atoms. The molecule has 0 N–H and O–H groups in total. The second-order valence-electron chi connectivity index (χ2n) is 11.0. The highest BCUT2D eigenvalue weighted by Gasteiger charge is 2.40. The summed E-state index contributed by atoms with van der Waals surface area (Å²) in [7, 11) is -0.0852. The maximum atomic E-state index is 14.1. The van der Waals surface area contributed by atoms with Gasteiger partial charge in [0.15, 0.2) is 0 Å². The molecule has 0 saturated carbocycles. The number of benzene rings is 1. The van der Waals surface area contributed by atoms with Crippen LogP contribution in [0.25, 0.3) is 0 Å². The summed E-state index contributed by atoms with van der Waals surface area (Å²) in [5, 5.41) is 0. The number of carbonyl (C=O) groups is 1. The lowest BCUT2D eigenvalue weighted by molar-refractivity contribution is -0.134. The molecule has 1 aromatic carbocycles. The van der Waals surface area contributed by atoms with E-state index in [0.29, 0.717) is 54.0 Å². The molecule has 0 aliphatic carbocycles. The minimum atomic E-state index is -3.84. The predicted octanol–water partition coefficient (Wildman–Crippen LogP) is 2.49. The zero-order valence-electron chi connectivity index (χ0n) is 23.1. The highest BCUT2D eigenvalue weighted by Crippen LogP contribution is 2.37. The van der Waals surface area contributed by atoms with Crippen LogP contribution in [0.2, 0.25) is 0 Å². The number of sulfonamides is 1. The van der Waals surface area contributed by atoms with Gasteiger partial charge in [0.05, 0.1) is 18.0 Å². The standard InChI is InChI=1S/C28H41N5O4S/c1-21-18-24(37-4)19-22(2)28(21)38(35,36)33-17-16-31-9-5-6-25(31)26(33)20-27(34)32-14-12-30(13-15-32)23-7-10-29(3)11-8-23/h5-6,9,18-19,23,26H,7-8,10-17,20H2,1-4H3. The Labute approximate surface area is 227 Å². The number of hydrogen-bond donors (Lipinski definition) is 0. The quantitative estimate of drug-likeness (QED) is 0.557. The number of amides is 1. The number of fused-ring (bicyclic) bond motifs is 1. The first kappa shape index (κ1) is 27.2. The molecule has 208 valence electrons. The molecular formula is C28H41N5O4S. The maximum Gasteiger partial charge on any atom is 0.244 e. The molecule has 2 saturated heterocycles. The van der Waals surface area contributed by atoms with Crippen molar-refractivity contribution in [3.8, 4) is 5.75 Å². The van der Waals surface area contributed by atoms with Crippen LogP contribution in [0, 0.1) is 13.8 Å². The van der Waals surface area contributed by atoms with E-state index in [-0.39, 0.29) is 12.3 Å². The van der Waals surface area contributed by atoms with Gasteiger partial charge in [-0.15, -0.1) is 0 Å². The van der Waals surface area contributed by atoms with Gasteiger partial charge in [-0.05, 0) is 82.2 Å². The van der Waals surface area contributed by atoms with Crippen LogP contribution in [0.3, 0.4) is 0 Å². The number of aryl methyl sites for hydroxylation is 2. The van der Waals surface area contributed by atoms with Gasteiger partial charge in [0, 0.05) is 63.6 Å². The van der Waals surface area contributed by atoms with Crippen molar-refractivity contribution in [2.45, 2.75) is 56.6 Å². The van der Waals surface area contributed by atoms with Crippen LogP contribution in [0.5, 0.6) is 5.75 Å². The summed E-state index contributed by atoms with van der Waals surface area (Å²) in [6.07, 6.45) is 4.48. The van der Waals surface area contributed by atoms with Crippen molar-refractivity contribution in [2.75, 3.05) is 60.0 Å². The largest absolute Gasteiger partial charge is 0.497 e. The van der Waals surface area contributed by atoms with Crippen LogP contribution in [-0.4, -0.2) is 104 Å². The van der Waals surface area contributed by atoms with E-state index in [1.54, 1.807) is 37.4 Å². The van der Waals surface area contributed by atoms with Gasteiger partial charge in [-0.25, -0.2) is 8.42 Å². The molecule has 1 atom stereocenters. The number of methoxy groups -OCH3 is 1. The van der Waals surface area contributed by atoms with E-state index < -0.39 is 16.1 Å². The number of piperidine rings is 1. The first-order valence-corrected chi connectivity index (χ1v) is 15.2. The third-order valence-electron chi connectivity index (χ3n) is 8.59. The number of nitrogens with zero attached hydrogens (tertiary/aromatic N) is 5. The van der Waals surface area contributed by atoms with Gasteiger partial charge in [0.1, 0.15) is 5.75 Å². The second-order valence-corrected chi connectivity index (χ2v) is 12.8. The van der Waals surface area contributed by atoms with Gasteiger partial charge in [0.2, 0.25) is 15.9 Å². The van der Waals surface area contributed by atoms with Crippen molar-refractivity contribution >= 4 is 15.9 Å². The maximum absolute atomic E-state index is 14.1. The van der Waals surface area contributed by atoms with Crippen molar-refractivity contribution in [1.29, 1.82) is 0 Å². The van der Waals surface area contributed by atoms with E-state index in [0.717, 1.165) is 31.9 Å². The van der Waals surface area contributed by atoms with Crippen LogP contribution >= 0.6 is 0 Å². The Hall–Kier alpha value is -2.40. The summed E-state index contributed by atoms with van der Waals surface area (Å²) in [4.78, 5) is 20.8. The van der Waals surface area contributed by atoms with E-state index in [2.05, 4.69) is 21.4 Å². The first-order chi connectivity index (χ1) is 18.2. The number of carbonyl (C=O) groups excluding carboxylic acids is 1. The lowest BCUT2D eigenvalue weighted by Gasteiger charge is -2.43. The monoisotopic (exact) mass is 543 g/mol. The van der Waals surface area contributed by atoms with Crippen molar-refractivity contribution in [2.24, 2.45) is 0 Å². The smallest absolute Gasteiger partial charge is 0.244 e. The molecule has 1 amide bonds. The van der Waals surface area contributed by atoms with Gasteiger partial charge >= 0.3 is 0 Å². The van der Waals surface area contributed by atoms with E-state index in [1.165, 1.54) is 12.8 Å². The Morgan fingerprint density at radius 2 is 1.63 bits per heavy atom. The highest BCUT2D eigenvalue weighted by molar-refractivity contribution is 7.89. The molecule has 10 heteroatoms. The van der Waals surface area contributed by atoms with Gasteiger partial charge in [-0.3, -0.25) is 9.69 Å². The fraction of sp³-hybridized carbons (Fsp3) is 0.607. The number of rotatable bonds is 6. The van der Waals surface area contributed by atoms with Crippen LogP contribution < -0.4 is 4.74 Å². The molecule has 1 unspecified atom stereocenters. The number of ether oxygens (including phenoxy) is 1. The van der Waals surface area contributed by atoms with Crippen molar-refractivity contribution in [3.05, 3.63) is 47.3 Å². The average molecular weight is 544 g/mol. The molecule has 2 fully saturated rings. The topological polar surface area (TPSA) is 78.3 Å². The zero-order chi connectivity index (χ0) is 27.0. The molecule has 4 heterocycles. The Morgan fingerprint density at radius 1 is 0.974 bits per heavy atom. The lowest BCUT2D eigenvalue weighted by atomic mass is 10.0. The highest BCUT2D eigenvalue weighted by atomic mass is 32.2. The second kappa shape index (κ2) is 11.0. The van der Waals surface area contributed by atoms with Crippen molar-refractivity contribution in [3.63, 3.8) is 0 Å². The van der Waals surface area contributed by atoms with Gasteiger partial charge < -0.3 is 19.1 Å². The molecule has 0 radical (unpaired) electrons. The molecule has 3 aliphatic heterocycles. The third kappa shape index (κ3) is 5.23. The molecule has 0 spiro atoms. The van der Waals surface area contributed by atoms with Crippen LogP contribution in [0.4, 0.5) is 0 Å². The molecular weight excluding hydrogens is 502 g/mol. The summed E-state index contributed by atoms with van der Waals surface area (Å²) in [6.45, 7) is 9.92. The molecule has 38 heavy (non-hydrogen) atoms. The summed E-state index contributed by atoms with van der Waals surface area (Å²) in [6, 6.07) is 7.47. The Morgan fingerprint density at radius 3 is 2.26 bits per heavy atom. The minimum absolute atomic E-state index is 0.0241. The van der Waals surface area contributed by atoms with Crippen molar-refractivity contribution in [1.82, 2.24) is 23.6 Å². The fourth-order valence-corrected chi connectivity index (χ4v) is 8.49. The molecule has 5 rings (SSSR count). The van der Waals surface area contributed by atoms with E-state index in [9.17, 15) is 13.2 Å². The summed E-state index contributed by atoms with van der Waals surface area (Å²) < 4.78 is 37.2. The third-order valence-corrected chi connectivity index (χ3v) is 10.8. The van der Waals surface area contributed by atoms with Crippen LogP contribution in [0.15, 0.2) is 35.4 Å². The number of piperazine rings is 1. The molecule has 1 aromatic heterocycles. The summed E-state index contributed by atoms with van der Waals surface area (Å²) in [5.74, 6) is 0.661. The van der Waals surface area contributed by atoms with Crippen molar-refractivity contribution < 1.29 is 17.9 Å². The van der Waals surface area contributed by atoms with E-state index >= 15 is 0 Å². The van der Waals surface area contributed by atoms with E-state index in [1.807, 2.05) is 23.2 Å². The molecule has 2 aromatic rings. The van der Waals surface area contributed by atoms with Gasteiger partial charge in [-0.2, -0.15) is 4.31 Å². The Balaban J connectivity index is 1.34. The van der Waals surface area contributed by atoms with Gasteiger partial charge in [0.25, 0.3) is 0 Å². The SMILES string of the molecule is COc1cc(C)c(S(=O)(=O)N2CCn3cccc3C2CC(=O)N2CCN(C3CCN(C)CC3)CC2)c(C)c1. The normalized spacial score (nSPS) is 22.4. The Bertz CT molecular complexity index is 1240. The average Bonchev–Trinajstić information content (AvgIpc) is 3.38. The number of aromatic nitrogens is 1. The number of likely N-dealkylation sites (tertiary alicyclic amines) is 1. The fourth-order valence-electron chi connectivity index (χ4n) is 6.48. The summed E-state index contributed by atoms with van der Waals surface area (Å²) >= 11 is 0. The number of hydrogen-bond acceptors (Lipinski definition) is 6. The minimum Gasteiger partial charge on any atom is -0.497 e. The predicted molar refractivity (Wildman–Crippen MR) is 147 cm³/mol. The van der Waals surface area contributed by atoms with Crippen LogP contribution in [0.1, 0.15) is 42.1 Å². The summed E-state index contributed by atoms with van der Waals surface area (Å²) in [5.41, 5.74) is 2.18. The van der Waals surface area contributed by atoms with Gasteiger partial charge in [-0.1, -0.05) is 0 Å². The Kier molecular flexibility index (Phi) is 7.86. The van der Waals surface area contributed by atoms with E-state index in [4.69, 9.17) is 4.74 Å². The molecule has 3 aliphatic rings. The zero-order valence-corrected chi connectivity index (χ0v) is 23.9. The van der Waals surface area contributed by atoms with Crippen LogP contribution in [-0.2, 0) is 21.4 Å².